The van der Waals surface area contributed by atoms with Gasteiger partial charge in [-0.15, -0.1) is 0 Å². The predicted molar refractivity (Wildman–Crippen MR) is 54.3 cm³/mol. The van der Waals surface area contributed by atoms with E-state index >= 15 is 0 Å². The highest BCUT2D eigenvalue weighted by atomic mass is 16.4. The normalized spacial score (nSPS) is 20.9. The predicted octanol–water partition coefficient (Wildman–Crippen LogP) is -0.0319. The van der Waals surface area contributed by atoms with Crippen LogP contribution in [0.15, 0.2) is 5.16 Å². The molecule has 0 aromatic heterocycles. The summed E-state index contributed by atoms with van der Waals surface area (Å²) in [6.07, 6.45) is 3.52. The highest BCUT2D eigenvalue weighted by molar-refractivity contribution is 5.84. The van der Waals surface area contributed by atoms with Gasteiger partial charge in [0.05, 0.1) is 12.6 Å². The number of nitrogens with two attached hydrogens (primary N) is 1. The zero-order valence-corrected chi connectivity index (χ0v) is 8.56. The lowest BCUT2D eigenvalue weighted by Gasteiger charge is -2.40. The summed E-state index contributed by atoms with van der Waals surface area (Å²) >= 11 is 0. The molecule has 1 unspecified atom stereocenters. The standard InChI is InChI=1S/C9H19N3O2/c1-7(9(10)11-14)12(5-6-13)8-3-2-4-8/h7-8,13-14H,2-6H2,1H3,(H2,10,11). The lowest BCUT2D eigenvalue weighted by Crippen LogP contribution is -2.51. The SMILES string of the molecule is CC(C(N)=NO)N(CCO)C1CCC1. The van der Waals surface area contributed by atoms with Crippen molar-refractivity contribution in [3.05, 3.63) is 0 Å². The molecular formula is C9H19N3O2. The van der Waals surface area contributed by atoms with Gasteiger partial charge in [0, 0.05) is 12.6 Å². The maximum absolute atomic E-state index is 8.92. The molecule has 4 N–H and O–H groups in total. The summed E-state index contributed by atoms with van der Waals surface area (Å²) in [5.41, 5.74) is 5.54. The third kappa shape index (κ3) is 2.36. The van der Waals surface area contributed by atoms with Gasteiger partial charge in [0.1, 0.15) is 0 Å². The molecular weight excluding hydrogens is 182 g/mol. The third-order valence-corrected chi connectivity index (χ3v) is 2.94. The second-order valence-electron chi connectivity index (χ2n) is 3.75. The smallest absolute Gasteiger partial charge is 0.156 e. The molecule has 0 spiro atoms. The minimum Gasteiger partial charge on any atom is -0.409 e. The molecule has 0 bridgehead atoms. The van der Waals surface area contributed by atoms with Gasteiger partial charge < -0.3 is 16.0 Å². The van der Waals surface area contributed by atoms with Crippen LogP contribution in [0, 0.1) is 0 Å². The number of amidine groups is 1. The highest BCUT2D eigenvalue weighted by Crippen LogP contribution is 2.26. The van der Waals surface area contributed by atoms with Crippen molar-refractivity contribution in [2.75, 3.05) is 13.2 Å². The summed E-state index contributed by atoms with van der Waals surface area (Å²) in [4.78, 5) is 2.10. The first-order chi connectivity index (χ1) is 6.70. The average molecular weight is 201 g/mol. The topological polar surface area (TPSA) is 82.1 Å². The van der Waals surface area contributed by atoms with Gasteiger partial charge in [0.2, 0.25) is 0 Å². The van der Waals surface area contributed by atoms with Crippen molar-refractivity contribution < 1.29 is 10.3 Å². The van der Waals surface area contributed by atoms with Gasteiger partial charge in [-0.25, -0.2) is 0 Å². The summed E-state index contributed by atoms with van der Waals surface area (Å²) in [5, 5.41) is 20.5. The van der Waals surface area contributed by atoms with Gasteiger partial charge in [0.15, 0.2) is 5.84 Å². The largest absolute Gasteiger partial charge is 0.409 e. The van der Waals surface area contributed by atoms with E-state index in [9.17, 15) is 0 Å². The molecule has 5 heteroatoms. The number of rotatable bonds is 5. The Morgan fingerprint density at radius 1 is 1.64 bits per heavy atom. The molecule has 0 aromatic rings. The van der Waals surface area contributed by atoms with Crippen LogP contribution in [0.2, 0.25) is 0 Å². The number of aliphatic hydroxyl groups is 1. The van der Waals surface area contributed by atoms with Crippen LogP contribution in [0.5, 0.6) is 0 Å². The van der Waals surface area contributed by atoms with Crippen molar-refractivity contribution in [2.24, 2.45) is 10.9 Å². The number of aliphatic hydroxyl groups excluding tert-OH is 1. The van der Waals surface area contributed by atoms with Crippen LogP contribution in [0.1, 0.15) is 26.2 Å². The Kier molecular flexibility index (Phi) is 4.16. The summed E-state index contributed by atoms with van der Waals surface area (Å²) in [6, 6.07) is 0.384. The van der Waals surface area contributed by atoms with Gasteiger partial charge in [-0.2, -0.15) is 0 Å². The van der Waals surface area contributed by atoms with Crippen LogP contribution in [0.3, 0.4) is 0 Å². The molecule has 0 aliphatic heterocycles. The lowest BCUT2D eigenvalue weighted by atomic mass is 9.90. The molecule has 0 amide bonds. The van der Waals surface area contributed by atoms with Gasteiger partial charge in [0.25, 0.3) is 0 Å². The maximum atomic E-state index is 8.92. The molecule has 1 fully saturated rings. The van der Waals surface area contributed by atoms with E-state index in [2.05, 4.69) is 10.1 Å². The Hall–Kier alpha value is -0.810. The molecule has 0 heterocycles. The molecule has 1 aliphatic rings. The molecule has 1 saturated carbocycles. The second-order valence-corrected chi connectivity index (χ2v) is 3.75. The van der Waals surface area contributed by atoms with E-state index in [0.29, 0.717) is 12.6 Å². The Labute approximate surface area is 84.2 Å². The highest BCUT2D eigenvalue weighted by Gasteiger charge is 2.29. The van der Waals surface area contributed by atoms with Crippen LogP contribution in [0.25, 0.3) is 0 Å². The van der Waals surface area contributed by atoms with E-state index in [1.54, 1.807) is 0 Å². The molecule has 1 atom stereocenters. The van der Waals surface area contributed by atoms with E-state index in [1.165, 1.54) is 6.42 Å². The number of hydrogen-bond donors (Lipinski definition) is 3. The third-order valence-electron chi connectivity index (χ3n) is 2.94. The number of hydrogen-bond acceptors (Lipinski definition) is 4. The Balaban J connectivity index is 2.56. The summed E-state index contributed by atoms with van der Waals surface area (Å²) < 4.78 is 0. The van der Waals surface area contributed by atoms with E-state index in [1.807, 2.05) is 6.92 Å². The first-order valence-electron chi connectivity index (χ1n) is 5.04. The van der Waals surface area contributed by atoms with Crippen molar-refractivity contribution in [1.82, 2.24) is 4.90 Å². The fourth-order valence-corrected chi connectivity index (χ4v) is 1.78. The van der Waals surface area contributed by atoms with E-state index in [0.717, 1.165) is 12.8 Å². The summed E-state index contributed by atoms with van der Waals surface area (Å²) in [7, 11) is 0. The van der Waals surface area contributed by atoms with Crippen molar-refractivity contribution in [3.63, 3.8) is 0 Å². The van der Waals surface area contributed by atoms with E-state index in [-0.39, 0.29) is 18.5 Å². The Morgan fingerprint density at radius 3 is 2.64 bits per heavy atom. The monoisotopic (exact) mass is 201 g/mol. The first kappa shape index (κ1) is 11.3. The molecule has 1 aliphatic carbocycles. The Bertz CT molecular complexity index is 204. The van der Waals surface area contributed by atoms with Gasteiger partial charge in [-0.1, -0.05) is 11.6 Å². The second kappa shape index (κ2) is 5.17. The minimum atomic E-state index is -0.0996. The Morgan fingerprint density at radius 2 is 2.29 bits per heavy atom. The van der Waals surface area contributed by atoms with Crippen LogP contribution >= 0.6 is 0 Å². The average Bonchev–Trinajstić information content (AvgIpc) is 2.12. The number of nitrogens with zero attached hydrogens (tertiary/aromatic N) is 2. The quantitative estimate of drug-likeness (QED) is 0.252. The first-order valence-corrected chi connectivity index (χ1v) is 5.04. The van der Waals surface area contributed by atoms with E-state index in [4.69, 9.17) is 16.0 Å². The molecule has 0 radical (unpaired) electrons. The maximum Gasteiger partial charge on any atom is 0.156 e. The van der Waals surface area contributed by atoms with Crippen LogP contribution in [-0.4, -0.2) is 46.3 Å². The number of oxime groups is 1. The van der Waals surface area contributed by atoms with Crippen LogP contribution in [0.4, 0.5) is 0 Å². The molecule has 0 saturated heterocycles. The fraction of sp³-hybridized carbons (Fsp3) is 0.889. The van der Waals surface area contributed by atoms with Gasteiger partial charge in [-0.05, 0) is 19.8 Å². The van der Waals surface area contributed by atoms with E-state index < -0.39 is 0 Å². The summed E-state index contributed by atoms with van der Waals surface area (Å²) in [6.45, 7) is 2.59. The summed E-state index contributed by atoms with van der Waals surface area (Å²) in [5.74, 6) is 0.213. The van der Waals surface area contributed by atoms with Gasteiger partial charge in [-0.3, -0.25) is 4.90 Å². The van der Waals surface area contributed by atoms with Crippen molar-refractivity contribution >= 4 is 5.84 Å². The fourth-order valence-electron chi connectivity index (χ4n) is 1.78. The van der Waals surface area contributed by atoms with Crippen molar-refractivity contribution in [3.8, 4) is 0 Å². The molecule has 82 valence electrons. The van der Waals surface area contributed by atoms with Crippen LogP contribution in [-0.2, 0) is 0 Å². The van der Waals surface area contributed by atoms with Crippen molar-refractivity contribution in [1.29, 1.82) is 0 Å². The lowest BCUT2D eigenvalue weighted by molar-refractivity contribution is 0.0876. The van der Waals surface area contributed by atoms with Crippen molar-refractivity contribution in [2.45, 2.75) is 38.3 Å². The molecule has 1 rings (SSSR count). The molecule has 14 heavy (non-hydrogen) atoms. The zero-order chi connectivity index (χ0) is 10.6. The van der Waals surface area contributed by atoms with Gasteiger partial charge >= 0.3 is 0 Å². The zero-order valence-electron chi connectivity index (χ0n) is 8.56. The molecule has 5 nitrogen and oxygen atoms in total. The minimum absolute atomic E-state index is 0.0996. The van der Waals surface area contributed by atoms with Crippen LogP contribution < -0.4 is 5.73 Å². The molecule has 0 aromatic carbocycles.